The third kappa shape index (κ3) is 1.26. The molecule has 2 rings (SSSR count). The van der Waals surface area contributed by atoms with Crippen LogP contribution < -0.4 is 0 Å². The second kappa shape index (κ2) is 3.07. The SMILES string of the molecule is COC(=O)C(F)(F)C1C(O)C(F)(F)[C@H]2O[C@@H]12. The molecule has 1 saturated carbocycles. The van der Waals surface area contributed by atoms with Gasteiger partial charge in [0.1, 0.15) is 12.2 Å². The molecular weight excluding hydrogens is 236 g/mol. The van der Waals surface area contributed by atoms with E-state index in [9.17, 15) is 22.4 Å². The van der Waals surface area contributed by atoms with E-state index in [-0.39, 0.29) is 0 Å². The summed E-state index contributed by atoms with van der Waals surface area (Å²) in [6.07, 6.45) is -5.84. The quantitative estimate of drug-likeness (QED) is 0.428. The van der Waals surface area contributed by atoms with Crippen molar-refractivity contribution in [1.29, 1.82) is 0 Å². The average Bonchev–Trinajstić information content (AvgIpc) is 2.92. The monoisotopic (exact) mass is 244 g/mol. The highest BCUT2D eigenvalue weighted by molar-refractivity contribution is 5.78. The van der Waals surface area contributed by atoms with Crippen molar-refractivity contribution in [3.8, 4) is 0 Å². The first-order valence-corrected chi connectivity index (χ1v) is 4.42. The third-order valence-corrected chi connectivity index (χ3v) is 2.87. The first kappa shape index (κ1) is 11.6. The number of fused-ring (bicyclic) bond motifs is 1. The van der Waals surface area contributed by atoms with E-state index in [1.165, 1.54) is 0 Å². The van der Waals surface area contributed by atoms with Gasteiger partial charge in [-0.3, -0.25) is 0 Å². The summed E-state index contributed by atoms with van der Waals surface area (Å²) >= 11 is 0. The van der Waals surface area contributed by atoms with Gasteiger partial charge in [-0.1, -0.05) is 0 Å². The maximum absolute atomic E-state index is 13.3. The Morgan fingerprint density at radius 2 is 2.06 bits per heavy atom. The van der Waals surface area contributed by atoms with Crippen LogP contribution in [0.15, 0.2) is 0 Å². The number of carbonyl (C=O) groups excluding carboxylic acids is 1. The molecule has 8 heteroatoms. The first-order chi connectivity index (χ1) is 7.24. The molecule has 0 amide bonds. The molecule has 0 bridgehead atoms. The molecule has 2 unspecified atom stereocenters. The summed E-state index contributed by atoms with van der Waals surface area (Å²) < 4.78 is 61.0. The van der Waals surface area contributed by atoms with Crippen molar-refractivity contribution >= 4 is 5.97 Å². The first-order valence-electron chi connectivity index (χ1n) is 4.42. The molecule has 1 heterocycles. The molecule has 1 aliphatic heterocycles. The molecule has 1 aliphatic carbocycles. The van der Waals surface area contributed by atoms with Crippen LogP contribution in [0.4, 0.5) is 17.6 Å². The van der Waals surface area contributed by atoms with Gasteiger partial charge < -0.3 is 14.6 Å². The predicted octanol–water partition coefficient (Wildman–Crippen LogP) is 0.188. The Bertz CT molecular complexity index is 332. The van der Waals surface area contributed by atoms with Gasteiger partial charge in [-0.25, -0.2) is 13.6 Å². The Labute approximate surface area is 87.1 Å². The molecule has 0 spiro atoms. The third-order valence-electron chi connectivity index (χ3n) is 2.87. The Morgan fingerprint density at radius 1 is 1.50 bits per heavy atom. The normalized spacial score (nSPS) is 40.4. The number of hydrogen-bond acceptors (Lipinski definition) is 4. The fourth-order valence-electron chi connectivity index (χ4n) is 1.97. The molecule has 4 atom stereocenters. The summed E-state index contributed by atoms with van der Waals surface area (Å²) in [4.78, 5) is 10.8. The van der Waals surface area contributed by atoms with E-state index >= 15 is 0 Å². The van der Waals surface area contributed by atoms with Gasteiger partial charge >= 0.3 is 17.8 Å². The van der Waals surface area contributed by atoms with E-state index in [2.05, 4.69) is 9.47 Å². The average molecular weight is 244 g/mol. The molecule has 0 aromatic rings. The van der Waals surface area contributed by atoms with Crippen molar-refractivity contribution in [3.63, 3.8) is 0 Å². The Kier molecular flexibility index (Phi) is 2.22. The van der Waals surface area contributed by atoms with E-state index in [1.54, 1.807) is 0 Å². The number of hydrogen-bond donors (Lipinski definition) is 1. The minimum absolute atomic E-state index is 0.709. The van der Waals surface area contributed by atoms with Crippen LogP contribution in [0.2, 0.25) is 0 Å². The lowest BCUT2D eigenvalue weighted by Crippen LogP contribution is -2.49. The molecular formula is C8H8F4O4. The fourth-order valence-corrected chi connectivity index (χ4v) is 1.97. The number of aliphatic hydroxyl groups is 1. The van der Waals surface area contributed by atoms with E-state index < -0.39 is 42.0 Å². The highest BCUT2D eigenvalue weighted by Gasteiger charge is 2.79. The lowest BCUT2D eigenvalue weighted by atomic mass is 9.96. The number of alkyl halides is 4. The molecule has 0 aromatic heterocycles. The maximum atomic E-state index is 13.3. The van der Waals surface area contributed by atoms with Crippen molar-refractivity contribution in [2.45, 2.75) is 30.2 Å². The highest BCUT2D eigenvalue weighted by atomic mass is 19.3. The van der Waals surface area contributed by atoms with E-state index in [1.807, 2.05) is 0 Å². The molecule has 2 fully saturated rings. The minimum Gasteiger partial charge on any atom is -0.465 e. The largest absolute Gasteiger partial charge is 0.465 e. The lowest BCUT2D eigenvalue weighted by molar-refractivity contribution is -0.206. The van der Waals surface area contributed by atoms with Crippen molar-refractivity contribution < 1.29 is 36.9 Å². The van der Waals surface area contributed by atoms with Gasteiger partial charge in [-0.15, -0.1) is 0 Å². The summed E-state index contributed by atoms with van der Waals surface area (Å²) in [5, 5.41) is 9.08. The number of epoxide rings is 1. The zero-order valence-corrected chi connectivity index (χ0v) is 7.99. The van der Waals surface area contributed by atoms with Crippen LogP contribution in [-0.4, -0.2) is 48.3 Å². The number of carbonyl (C=O) groups is 1. The molecule has 92 valence electrons. The molecule has 0 aromatic carbocycles. The number of rotatable bonds is 2. The second-order valence-corrected chi connectivity index (χ2v) is 3.78. The number of halogens is 4. The summed E-state index contributed by atoms with van der Waals surface area (Å²) in [6.45, 7) is 0. The van der Waals surface area contributed by atoms with Gasteiger partial charge in [0.25, 0.3) is 0 Å². The molecule has 1 N–H and O–H groups in total. The Hall–Kier alpha value is -0.890. The van der Waals surface area contributed by atoms with Crippen LogP contribution in [0.1, 0.15) is 0 Å². The van der Waals surface area contributed by atoms with Gasteiger partial charge in [-0.05, 0) is 0 Å². The van der Waals surface area contributed by atoms with Crippen molar-refractivity contribution in [2.75, 3.05) is 7.11 Å². The van der Waals surface area contributed by atoms with Crippen LogP contribution in [0.5, 0.6) is 0 Å². The number of aliphatic hydroxyl groups excluding tert-OH is 1. The summed E-state index contributed by atoms with van der Waals surface area (Å²) in [7, 11) is 0.709. The summed E-state index contributed by atoms with van der Waals surface area (Å²) in [6, 6.07) is 0. The van der Waals surface area contributed by atoms with Gasteiger partial charge in [0.15, 0.2) is 6.10 Å². The zero-order chi connectivity index (χ0) is 12.3. The summed E-state index contributed by atoms with van der Waals surface area (Å²) in [5.74, 6) is -12.2. The maximum Gasteiger partial charge on any atom is 0.377 e. The lowest BCUT2D eigenvalue weighted by Gasteiger charge is -2.27. The van der Waals surface area contributed by atoms with Gasteiger partial charge in [0.05, 0.1) is 13.0 Å². The van der Waals surface area contributed by atoms with Crippen LogP contribution in [0.3, 0.4) is 0 Å². The number of methoxy groups -OCH3 is 1. The van der Waals surface area contributed by atoms with Gasteiger partial charge in [-0.2, -0.15) is 8.78 Å². The molecule has 4 nitrogen and oxygen atoms in total. The molecule has 16 heavy (non-hydrogen) atoms. The topological polar surface area (TPSA) is 59.1 Å². The van der Waals surface area contributed by atoms with Gasteiger partial charge in [0, 0.05) is 0 Å². The number of ether oxygens (including phenoxy) is 2. The molecule has 1 saturated heterocycles. The smallest absolute Gasteiger partial charge is 0.377 e. The minimum atomic E-state index is -4.19. The Morgan fingerprint density at radius 3 is 2.44 bits per heavy atom. The van der Waals surface area contributed by atoms with Crippen molar-refractivity contribution in [3.05, 3.63) is 0 Å². The second-order valence-electron chi connectivity index (χ2n) is 3.78. The van der Waals surface area contributed by atoms with Crippen molar-refractivity contribution in [1.82, 2.24) is 0 Å². The van der Waals surface area contributed by atoms with Crippen LogP contribution in [0, 0.1) is 5.92 Å². The standard InChI is InChI=1S/C8H8F4O4/c1-15-6(14)7(9,10)2-3-5(16-3)8(11,12)4(2)13/h2-5,13H,1H3/t2?,3-,4?,5-/m0/s1. The van der Waals surface area contributed by atoms with Crippen LogP contribution in [0.25, 0.3) is 0 Å². The van der Waals surface area contributed by atoms with Gasteiger partial charge in [0.2, 0.25) is 0 Å². The predicted molar refractivity (Wildman–Crippen MR) is 40.1 cm³/mol. The molecule has 2 aliphatic rings. The van der Waals surface area contributed by atoms with E-state index in [4.69, 9.17) is 5.11 Å². The molecule has 0 radical (unpaired) electrons. The van der Waals surface area contributed by atoms with E-state index in [0.717, 1.165) is 0 Å². The Balaban J connectivity index is 2.27. The zero-order valence-electron chi connectivity index (χ0n) is 7.99. The van der Waals surface area contributed by atoms with Crippen LogP contribution in [-0.2, 0) is 14.3 Å². The summed E-state index contributed by atoms with van der Waals surface area (Å²) in [5.41, 5.74) is 0. The highest BCUT2D eigenvalue weighted by Crippen LogP contribution is 2.57. The number of esters is 1. The van der Waals surface area contributed by atoms with Crippen LogP contribution >= 0.6 is 0 Å². The van der Waals surface area contributed by atoms with E-state index in [0.29, 0.717) is 7.11 Å². The fraction of sp³-hybridized carbons (Fsp3) is 0.875. The van der Waals surface area contributed by atoms with Crippen molar-refractivity contribution in [2.24, 2.45) is 5.92 Å².